The smallest absolute Gasteiger partial charge is 0.388 e. The molecule has 0 spiro atoms. The van der Waals surface area contributed by atoms with Gasteiger partial charge in [-0.1, -0.05) is 18.2 Å². The molecule has 7 nitrogen and oxygen atoms in total. The molecule has 1 aromatic carbocycles. The molecule has 2 heterocycles. The van der Waals surface area contributed by atoms with E-state index in [0.717, 1.165) is 4.68 Å². The van der Waals surface area contributed by atoms with E-state index in [1.165, 1.54) is 0 Å². The highest BCUT2D eigenvalue weighted by atomic mass is 16.5. The van der Waals surface area contributed by atoms with Gasteiger partial charge < -0.3 is 14.1 Å². The second kappa shape index (κ2) is 6.15. The van der Waals surface area contributed by atoms with Crippen LogP contribution in [0.25, 0.3) is 11.5 Å². The summed E-state index contributed by atoms with van der Waals surface area (Å²) in [5, 5.41) is 4.09. The molecule has 1 aromatic heterocycles. The minimum atomic E-state index is -0.631. The Bertz CT molecular complexity index is 707. The highest BCUT2D eigenvalue weighted by Gasteiger charge is 2.23. The summed E-state index contributed by atoms with van der Waals surface area (Å²) in [5.74, 6) is -0.576. The van der Waals surface area contributed by atoms with Gasteiger partial charge in [0.15, 0.2) is 0 Å². The Labute approximate surface area is 127 Å². The Kier molecular flexibility index (Phi) is 4.06. The maximum atomic E-state index is 12.2. The second-order valence-corrected chi connectivity index (χ2v) is 5.22. The molecule has 0 unspecified atom stereocenters. The fourth-order valence-corrected chi connectivity index (χ4v) is 2.38. The van der Waals surface area contributed by atoms with Crippen LogP contribution in [0.5, 0.6) is 0 Å². The normalized spacial score (nSPS) is 18.4. The van der Waals surface area contributed by atoms with Crippen molar-refractivity contribution in [2.45, 2.75) is 19.6 Å². The molecule has 0 saturated carbocycles. The molecule has 0 radical (unpaired) electrons. The number of morpholine rings is 1. The van der Waals surface area contributed by atoms with Gasteiger partial charge in [0.1, 0.15) is 6.54 Å². The van der Waals surface area contributed by atoms with E-state index in [0.29, 0.717) is 25.3 Å². The molecule has 0 N–H and O–H groups in total. The number of carbonyl (C=O) groups is 1. The Morgan fingerprint density at radius 3 is 2.86 bits per heavy atom. The molecule has 3 rings (SSSR count). The first-order valence-corrected chi connectivity index (χ1v) is 7.16. The van der Waals surface area contributed by atoms with Crippen LogP contribution in [-0.4, -0.2) is 46.4 Å². The third-order valence-corrected chi connectivity index (χ3v) is 3.51. The SMILES string of the molecule is C[C@@H]1CN(C(=O)Cn2nc(-c3ccccc3)oc2=O)CCO1. The number of benzene rings is 1. The number of carbonyl (C=O) groups excluding carboxylic acids is 1. The Hall–Kier alpha value is -2.41. The number of nitrogens with zero attached hydrogens (tertiary/aromatic N) is 3. The van der Waals surface area contributed by atoms with Crippen molar-refractivity contribution in [3.8, 4) is 11.5 Å². The summed E-state index contributed by atoms with van der Waals surface area (Å²) in [4.78, 5) is 25.8. The van der Waals surface area contributed by atoms with Gasteiger partial charge in [0.2, 0.25) is 11.8 Å². The van der Waals surface area contributed by atoms with Crippen molar-refractivity contribution in [1.29, 1.82) is 0 Å². The van der Waals surface area contributed by atoms with Gasteiger partial charge in [-0.25, -0.2) is 4.79 Å². The van der Waals surface area contributed by atoms with E-state index in [4.69, 9.17) is 9.15 Å². The lowest BCUT2D eigenvalue weighted by molar-refractivity contribution is -0.139. The fraction of sp³-hybridized carbons (Fsp3) is 0.400. The van der Waals surface area contributed by atoms with E-state index in [2.05, 4.69) is 5.10 Å². The average Bonchev–Trinajstić information content (AvgIpc) is 2.89. The van der Waals surface area contributed by atoms with Gasteiger partial charge in [0, 0.05) is 18.7 Å². The van der Waals surface area contributed by atoms with Crippen molar-refractivity contribution in [1.82, 2.24) is 14.7 Å². The van der Waals surface area contributed by atoms with Gasteiger partial charge in [-0.05, 0) is 19.1 Å². The number of amides is 1. The maximum Gasteiger partial charge on any atom is 0.437 e. The summed E-state index contributed by atoms with van der Waals surface area (Å²) in [5.41, 5.74) is 0.700. The zero-order chi connectivity index (χ0) is 15.5. The topological polar surface area (TPSA) is 77.6 Å². The average molecular weight is 303 g/mol. The van der Waals surface area contributed by atoms with Gasteiger partial charge in [0.25, 0.3) is 0 Å². The van der Waals surface area contributed by atoms with Crippen molar-refractivity contribution in [3.63, 3.8) is 0 Å². The molecule has 1 saturated heterocycles. The Morgan fingerprint density at radius 2 is 2.14 bits per heavy atom. The largest absolute Gasteiger partial charge is 0.437 e. The quantitative estimate of drug-likeness (QED) is 0.836. The number of hydrogen-bond acceptors (Lipinski definition) is 5. The van der Waals surface area contributed by atoms with Crippen LogP contribution in [0.2, 0.25) is 0 Å². The van der Waals surface area contributed by atoms with Crippen LogP contribution in [0.4, 0.5) is 0 Å². The maximum absolute atomic E-state index is 12.2. The van der Waals surface area contributed by atoms with Gasteiger partial charge in [-0.15, -0.1) is 5.10 Å². The Morgan fingerprint density at radius 1 is 1.36 bits per heavy atom. The van der Waals surface area contributed by atoms with Crippen LogP contribution in [0.1, 0.15) is 6.92 Å². The van der Waals surface area contributed by atoms with Crippen LogP contribution in [0.3, 0.4) is 0 Å². The molecule has 0 aliphatic carbocycles. The molecule has 1 atom stereocenters. The van der Waals surface area contributed by atoms with Crippen LogP contribution in [-0.2, 0) is 16.1 Å². The van der Waals surface area contributed by atoms with E-state index in [9.17, 15) is 9.59 Å². The zero-order valence-corrected chi connectivity index (χ0v) is 12.3. The van der Waals surface area contributed by atoms with Gasteiger partial charge >= 0.3 is 5.76 Å². The van der Waals surface area contributed by atoms with E-state index in [1.807, 2.05) is 25.1 Å². The molecule has 0 bridgehead atoms. The predicted octanol–water partition coefficient (Wildman–Crippen LogP) is 0.751. The summed E-state index contributed by atoms with van der Waals surface area (Å²) in [6.07, 6.45) is 0.00612. The first-order valence-electron chi connectivity index (χ1n) is 7.16. The summed E-state index contributed by atoms with van der Waals surface area (Å²) in [6.45, 7) is 3.35. The lowest BCUT2D eigenvalue weighted by atomic mass is 10.2. The number of hydrogen-bond donors (Lipinski definition) is 0. The van der Waals surface area contributed by atoms with Crippen LogP contribution >= 0.6 is 0 Å². The molecule has 7 heteroatoms. The van der Waals surface area contributed by atoms with E-state index in [1.54, 1.807) is 17.0 Å². The van der Waals surface area contributed by atoms with Crippen LogP contribution in [0, 0.1) is 0 Å². The summed E-state index contributed by atoms with van der Waals surface area (Å²) < 4.78 is 11.6. The number of aromatic nitrogens is 2. The lowest BCUT2D eigenvalue weighted by Crippen LogP contribution is -2.46. The van der Waals surface area contributed by atoms with E-state index in [-0.39, 0.29) is 24.4 Å². The molecule has 1 aliphatic rings. The molecular weight excluding hydrogens is 286 g/mol. The first kappa shape index (κ1) is 14.5. The standard InChI is InChI=1S/C15H17N3O4/c1-11-9-17(7-8-21-11)13(19)10-18-15(20)22-14(16-18)12-5-3-2-4-6-12/h2-6,11H,7-10H2,1H3/t11-/m1/s1. The third kappa shape index (κ3) is 3.09. The van der Waals surface area contributed by atoms with Crippen molar-refractivity contribution in [2.24, 2.45) is 0 Å². The van der Waals surface area contributed by atoms with Crippen molar-refractivity contribution in [2.75, 3.05) is 19.7 Å². The van der Waals surface area contributed by atoms with Crippen LogP contribution < -0.4 is 5.76 Å². The van der Waals surface area contributed by atoms with Crippen molar-refractivity contribution < 1.29 is 13.9 Å². The number of ether oxygens (including phenoxy) is 1. The molecule has 1 fully saturated rings. The van der Waals surface area contributed by atoms with Gasteiger partial charge in [0.05, 0.1) is 12.7 Å². The van der Waals surface area contributed by atoms with E-state index >= 15 is 0 Å². The third-order valence-electron chi connectivity index (χ3n) is 3.51. The molecule has 1 amide bonds. The summed E-state index contributed by atoms with van der Waals surface area (Å²) in [6, 6.07) is 9.10. The zero-order valence-electron chi connectivity index (χ0n) is 12.3. The highest BCUT2D eigenvalue weighted by molar-refractivity contribution is 5.76. The van der Waals surface area contributed by atoms with E-state index < -0.39 is 5.76 Å². The molecule has 116 valence electrons. The lowest BCUT2D eigenvalue weighted by Gasteiger charge is -2.30. The number of rotatable bonds is 3. The summed E-state index contributed by atoms with van der Waals surface area (Å²) in [7, 11) is 0. The molecular formula is C15H17N3O4. The predicted molar refractivity (Wildman–Crippen MR) is 78.2 cm³/mol. The van der Waals surface area contributed by atoms with Crippen LogP contribution in [0.15, 0.2) is 39.5 Å². The summed E-state index contributed by atoms with van der Waals surface area (Å²) >= 11 is 0. The highest BCUT2D eigenvalue weighted by Crippen LogP contribution is 2.14. The monoisotopic (exact) mass is 303 g/mol. The van der Waals surface area contributed by atoms with Crippen molar-refractivity contribution in [3.05, 3.63) is 40.9 Å². The molecule has 22 heavy (non-hydrogen) atoms. The fourth-order valence-electron chi connectivity index (χ4n) is 2.38. The molecule has 1 aliphatic heterocycles. The first-order chi connectivity index (χ1) is 10.6. The minimum Gasteiger partial charge on any atom is -0.388 e. The van der Waals surface area contributed by atoms with Gasteiger partial charge in [-0.3, -0.25) is 4.79 Å². The minimum absolute atomic E-state index is 0.00612. The van der Waals surface area contributed by atoms with Crippen molar-refractivity contribution >= 4 is 5.91 Å². The molecule has 2 aromatic rings. The second-order valence-electron chi connectivity index (χ2n) is 5.22. The Balaban J connectivity index is 1.74. The van der Waals surface area contributed by atoms with Gasteiger partial charge in [-0.2, -0.15) is 4.68 Å².